The third-order valence-electron chi connectivity index (χ3n) is 3.09. The number of hydrogen-bond acceptors (Lipinski definition) is 2. The van der Waals surface area contributed by atoms with Gasteiger partial charge < -0.3 is 5.11 Å². The summed E-state index contributed by atoms with van der Waals surface area (Å²) in [5.74, 6) is -0.195. The Morgan fingerprint density at radius 2 is 1.90 bits per heavy atom. The highest BCUT2D eigenvalue weighted by Gasteiger charge is 2.27. The Morgan fingerprint density at radius 1 is 1.19 bits per heavy atom. The van der Waals surface area contributed by atoms with Crippen LogP contribution in [0.25, 0.3) is 0 Å². The minimum atomic E-state index is -0.510. The number of Topliss-reactive ketones (excluding diaryl/α,β-unsaturated/α-hetero) is 1. The van der Waals surface area contributed by atoms with Gasteiger partial charge in [0, 0.05) is 5.02 Å². The molecule has 0 aliphatic rings. The number of aromatic hydroxyl groups is 1. The maximum Gasteiger partial charge on any atom is 0.181 e. The molecule has 2 nitrogen and oxygen atoms in total. The summed E-state index contributed by atoms with van der Waals surface area (Å²) in [6, 6.07) is 12.3. The summed E-state index contributed by atoms with van der Waals surface area (Å²) in [5, 5.41) is 10.5. The first-order valence-corrected chi connectivity index (χ1v) is 8.48. The van der Waals surface area contributed by atoms with Crippen LogP contribution in [-0.2, 0) is 0 Å². The monoisotopic (exact) mass is 430 g/mol. The van der Waals surface area contributed by atoms with E-state index in [0.717, 1.165) is 11.1 Å². The van der Waals surface area contributed by atoms with Crippen molar-refractivity contribution in [3.8, 4) is 5.75 Å². The number of phenolic OH excluding ortho intramolecular Hbond substituents is 1. The Balaban J connectivity index is 2.28. The number of benzene rings is 2. The van der Waals surface area contributed by atoms with Crippen molar-refractivity contribution < 1.29 is 9.90 Å². The lowest BCUT2D eigenvalue weighted by Crippen LogP contribution is -2.19. The molecule has 0 spiro atoms. The molecule has 21 heavy (non-hydrogen) atoms. The van der Waals surface area contributed by atoms with Crippen LogP contribution in [0.2, 0.25) is 5.02 Å². The quantitative estimate of drug-likeness (QED) is 0.516. The third-order valence-corrected chi connectivity index (χ3v) is 6.04. The summed E-state index contributed by atoms with van der Waals surface area (Å²) in [6.45, 7) is 1.88. The molecule has 2 rings (SSSR count). The fourth-order valence-corrected chi connectivity index (χ4v) is 3.25. The lowest BCUT2D eigenvalue weighted by Gasteiger charge is -2.17. The summed E-state index contributed by atoms with van der Waals surface area (Å²) in [5.41, 5.74) is 2.12. The van der Waals surface area contributed by atoms with Gasteiger partial charge in [0.25, 0.3) is 0 Å². The predicted octanol–water partition coefficient (Wildman–Crippen LogP) is 5.44. The average molecular weight is 433 g/mol. The highest BCUT2D eigenvalue weighted by Crippen LogP contribution is 2.35. The van der Waals surface area contributed by atoms with E-state index in [2.05, 4.69) is 31.9 Å². The van der Waals surface area contributed by atoms with Gasteiger partial charge in [-0.05, 0) is 36.8 Å². The van der Waals surface area contributed by atoms with E-state index in [9.17, 15) is 9.90 Å². The molecule has 0 amide bonds. The van der Waals surface area contributed by atoms with E-state index in [-0.39, 0.29) is 16.4 Å². The average Bonchev–Trinajstić information content (AvgIpc) is 2.47. The van der Waals surface area contributed by atoms with E-state index < -0.39 is 4.83 Å². The van der Waals surface area contributed by atoms with E-state index in [1.54, 1.807) is 24.3 Å². The first-order valence-electron chi connectivity index (χ1n) is 6.27. The summed E-state index contributed by atoms with van der Waals surface area (Å²) in [7, 11) is 0. The molecular weight excluding hydrogens is 419 g/mol. The van der Waals surface area contributed by atoms with Gasteiger partial charge in [0.1, 0.15) is 5.75 Å². The third kappa shape index (κ3) is 3.87. The van der Waals surface area contributed by atoms with Gasteiger partial charge in [-0.2, -0.15) is 0 Å². The molecule has 0 aliphatic heterocycles. The van der Waals surface area contributed by atoms with Crippen molar-refractivity contribution in [2.45, 2.75) is 16.6 Å². The van der Waals surface area contributed by atoms with Crippen molar-refractivity contribution in [1.29, 1.82) is 0 Å². The molecule has 0 fully saturated rings. The van der Waals surface area contributed by atoms with E-state index in [4.69, 9.17) is 11.6 Å². The largest absolute Gasteiger partial charge is 0.507 e. The van der Waals surface area contributed by atoms with Crippen LogP contribution < -0.4 is 0 Å². The number of phenols is 1. The Kier molecular flexibility index (Phi) is 5.47. The van der Waals surface area contributed by atoms with Gasteiger partial charge in [0.15, 0.2) is 5.78 Å². The molecule has 1 N–H and O–H groups in total. The zero-order valence-electron chi connectivity index (χ0n) is 11.2. The molecule has 0 saturated carbocycles. The molecule has 2 aromatic rings. The van der Waals surface area contributed by atoms with Crippen molar-refractivity contribution in [3.63, 3.8) is 0 Å². The molecular formula is C16H13Br2ClO2. The van der Waals surface area contributed by atoms with Crippen LogP contribution >= 0.6 is 43.5 Å². The van der Waals surface area contributed by atoms with Crippen LogP contribution in [-0.4, -0.2) is 15.7 Å². The molecule has 0 bridgehead atoms. The molecule has 2 unspecified atom stereocenters. The predicted molar refractivity (Wildman–Crippen MR) is 93.0 cm³/mol. The Bertz CT molecular complexity index is 673. The molecule has 0 aliphatic carbocycles. The molecule has 0 radical (unpaired) electrons. The standard InChI is InChI=1S/C16H13Br2ClO2/c1-9-5-6-13(20)12(7-9)16(21)15(18)14(17)10-3-2-4-11(19)8-10/h2-8,14-15,20H,1H3. The highest BCUT2D eigenvalue weighted by molar-refractivity contribution is 9.12. The number of ketones is 1. The van der Waals surface area contributed by atoms with Gasteiger partial charge in [0.2, 0.25) is 0 Å². The zero-order valence-corrected chi connectivity index (χ0v) is 15.1. The summed E-state index contributed by atoms with van der Waals surface area (Å²) in [6.07, 6.45) is 0. The van der Waals surface area contributed by atoms with Crippen LogP contribution in [0.1, 0.15) is 26.3 Å². The van der Waals surface area contributed by atoms with Gasteiger partial charge in [-0.1, -0.05) is 67.2 Å². The van der Waals surface area contributed by atoms with Gasteiger partial charge >= 0.3 is 0 Å². The Hall–Kier alpha value is -0.840. The summed E-state index contributed by atoms with van der Waals surface area (Å²) in [4.78, 5) is 11.8. The van der Waals surface area contributed by atoms with E-state index >= 15 is 0 Å². The first-order chi connectivity index (χ1) is 9.90. The molecule has 0 saturated heterocycles. The van der Waals surface area contributed by atoms with Crippen LogP contribution in [0.5, 0.6) is 5.75 Å². The van der Waals surface area contributed by atoms with Crippen LogP contribution in [0.4, 0.5) is 0 Å². The second-order valence-electron chi connectivity index (χ2n) is 4.74. The number of carbonyl (C=O) groups is 1. The maximum atomic E-state index is 12.5. The van der Waals surface area contributed by atoms with Gasteiger partial charge in [-0.15, -0.1) is 0 Å². The molecule has 2 aromatic carbocycles. The fraction of sp³-hybridized carbons (Fsp3) is 0.188. The summed E-state index contributed by atoms with van der Waals surface area (Å²) >= 11 is 12.9. The number of hydrogen-bond donors (Lipinski definition) is 1. The molecule has 2 atom stereocenters. The van der Waals surface area contributed by atoms with Gasteiger partial charge in [-0.25, -0.2) is 0 Å². The lowest BCUT2D eigenvalue weighted by atomic mass is 10.0. The normalized spacial score (nSPS) is 13.7. The smallest absolute Gasteiger partial charge is 0.181 e. The van der Waals surface area contributed by atoms with Gasteiger partial charge in [-0.3, -0.25) is 4.79 Å². The van der Waals surface area contributed by atoms with E-state index in [1.807, 2.05) is 19.1 Å². The van der Waals surface area contributed by atoms with Crippen molar-refractivity contribution in [1.82, 2.24) is 0 Å². The Labute approximate surface area is 145 Å². The van der Waals surface area contributed by atoms with Crippen molar-refractivity contribution in [2.75, 3.05) is 0 Å². The van der Waals surface area contributed by atoms with Crippen LogP contribution in [0.15, 0.2) is 42.5 Å². The zero-order chi connectivity index (χ0) is 15.6. The number of rotatable bonds is 4. The second-order valence-corrected chi connectivity index (χ2v) is 7.15. The van der Waals surface area contributed by atoms with Crippen molar-refractivity contribution >= 4 is 49.2 Å². The topological polar surface area (TPSA) is 37.3 Å². The van der Waals surface area contributed by atoms with Crippen LogP contribution in [0, 0.1) is 6.92 Å². The van der Waals surface area contributed by atoms with Crippen LogP contribution in [0.3, 0.4) is 0 Å². The summed E-state index contributed by atoms with van der Waals surface area (Å²) < 4.78 is 0. The van der Waals surface area contributed by atoms with Crippen molar-refractivity contribution in [3.05, 3.63) is 64.2 Å². The minimum absolute atomic E-state index is 0.0131. The number of halogens is 3. The van der Waals surface area contributed by atoms with E-state index in [0.29, 0.717) is 10.6 Å². The second kappa shape index (κ2) is 6.95. The number of alkyl halides is 2. The minimum Gasteiger partial charge on any atom is -0.507 e. The molecule has 5 heteroatoms. The first kappa shape index (κ1) is 16.5. The van der Waals surface area contributed by atoms with Gasteiger partial charge in [0.05, 0.1) is 15.2 Å². The Morgan fingerprint density at radius 3 is 2.57 bits per heavy atom. The SMILES string of the molecule is Cc1ccc(O)c(C(=O)C(Br)C(Br)c2cccc(Cl)c2)c1. The number of aryl methyl sites for hydroxylation is 1. The van der Waals surface area contributed by atoms with Crippen molar-refractivity contribution in [2.24, 2.45) is 0 Å². The highest BCUT2D eigenvalue weighted by atomic mass is 79.9. The molecule has 0 heterocycles. The fourth-order valence-electron chi connectivity index (χ4n) is 1.98. The maximum absolute atomic E-state index is 12.5. The van der Waals surface area contributed by atoms with E-state index in [1.165, 1.54) is 6.07 Å². The molecule has 0 aromatic heterocycles. The lowest BCUT2D eigenvalue weighted by molar-refractivity contribution is 0.0988. The molecule has 110 valence electrons. The number of carbonyl (C=O) groups excluding carboxylic acids is 1.